The number of aliphatic hydroxyl groups excluding tert-OH is 2. The van der Waals surface area contributed by atoms with Gasteiger partial charge in [-0.2, -0.15) is 0 Å². The fourth-order valence-electron chi connectivity index (χ4n) is 10.7. The normalized spacial score (nSPS) is 12.5. The summed E-state index contributed by atoms with van der Waals surface area (Å²) < 4.78 is 5.51. The summed E-state index contributed by atoms with van der Waals surface area (Å²) in [7, 11) is 0. The highest BCUT2D eigenvalue weighted by Crippen LogP contribution is 2.19. The molecule has 0 fully saturated rings. The number of unbranched alkanes of at least 4 members (excludes halogenated alkanes) is 52. The molecule has 3 N–H and O–H groups in total. The van der Waals surface area contributed by atoms with E-state index < -0.39 is 12.1 Å². The van der Waals surface area contributed by atoms with Crippen LogP contribution >= 0.6 is 0 Å². The first-order valence-corrected chi connectivity index (χ1v) is 33.5. The molecule has 0 rings (SSSR count). The lowest BCUT2D eigenvalue weighted by atomic mass is 10.0. The molecule has 0 saturated heterocycles. The number of carbonyl (C=O) groups excluding carboxylic acids is 2. The van der Waals surface area contributed by atoms with Crippen LogP contribution in [0.15, 0.2) is 12.2 Å². The zero-order valence-corrected chi connectivity index (χ0v) is 49.6. The van der Waals surface area contributed by atoms with Crippen LogP contribution in [0.3, 0.4) is 0 Å². The second kappa shape index (κ2) is 63.1. The lowest BCUT2D eigenvalue weighted by molar-refractivity contribution is -0.143. The van der Waals surface area contributed by atoms with E-state index in [1.165, 1.54) is 315 Å². The van der Waals surface area contributed by atoms with Crippen LogP contribution in [0.25, 0.3) is 0 Å². The Hall–Kier alpha value is -1.40. The minimum absolute atomic E-state index is 0.0216. The van der Waals surface area contributed by atoms with Crippen LogP contribution in [-0.4, -0.2) is 47.4 Å². The predicted molar refractivity (Wildman–Crippen MR) is 320 cm³/mol. The molecule has 1 amide bonds. The van der Waals surface area contributed by atoms with E-state index in [9.17, 15) is 19.8 Å². The highest BCUT2D eigenvalue weighted by molar-refractivity contribution is 5.76. The van der Waals surface area contributed by atoms with Crippen molar-refractivity contribution in [2.75, 3.05) is 13.2 Å². The number of allylic oxidation sites excluding steroid dienone is 1. The molecule has 0 aromatic rings. The third-order valence-electron chi connectivity index (χ3n) is 15.8. The average Bonchev–Trinajstić information content (AvgIpc) is 3.39. The highest BCUT2D eigenvalue weighted by atomic mass is 16.5. The Morgan fingerprint density at radius 1 is 0.370 bits per heavy atom. The summed E-state index contributed by atoms with van der Waals surface area (Å²) >= 11 is 0. The molecule has 0 aliphatic heterocycles. The van der Waals surface area contributed by atoms with Crippen LogP contribution in [0.2, 0.25) is 0 Å². The van der Waals surface area contributed by atoms with E-state index in [1.54, 1.807) is 6.08 Å². The molecule has 0 aliphatic rings. The van der Waals surface area contributed by atoms with Gasteiger partial charge < -0.3 is 20.3 Å². The second-order valence-electron chi connectivity index (χ2n) is 23.2. The maximum absolute atomic E-state index is 12.5. The molecule has 0 radical (unpaired) electrons. The van der Waals surface area contributed by atoms with Crippen LogP contribution in [0.4, 0.5) is 0 Å². The highest BCUT2D eigenvalue weighted by Gasteiger charge is 2.18. The number of hydrogen-bond acceptors (Lipinski definition) is 5. The van der Waals surface area contributed by atoms with Gasteiger partial charge in [-0.25, -0.2) is 0 Å². The van der Waals surface area contributed by atoms with Gasteiger partial charge in [-0.15, -0.1) is 0 Å². The summed E-state index contributed by atoms with van der Waals surface area (Å²) in [5.41, 5.74) is 0. The molecule has 2 unspecified atom stereocenters. The van der Waals surface area contributed by atoms with Gasteiger partial charge in [0.25, 0.3) is 0 Å². The van der Waals surface area contributed by atoms with Crippen molar-refractivity contribution in [3.63, 3.8) is 0 Å². The van der Waals surface area contributed by atoms with Crippen LogP contribution in [0, 0.1) is 0 Å². The van der Waals surface area contributed by atoms with Crippen molar-refractivity contribution in [2.45, 2.75) is 392 Å². The van der Waals surface area contributed by atoms with Gasteiger partial charge in [0, 0.05) is 12.8 Å². The molecule has 434 valence electrons. The van der Waals surface area contributed by atoms with E-state index >= 15 is 0 Å². The third-order valence-corrected chi connectivity index (χ3v) is 15.8. The first kappa shape index (κ1) is 71.6. The van der Waals surface area contributed by atoms with E-state index in [0.29, 0.717) is 19.4 Å². The maximum Gasteiger partial charge on any atom is 0.305 e. The molecule has 2 atom stereocenters. The van der Waals surface area contributed by atoms with Crippen LogP contribution < -0.4 is 5.32 Å². The Morgan fingerprint density at radius 2 is 0.630 bits per heavy atom. The van der Waals surface area contributed by atoms with Gasteiger partial charge in [0.05, 0.1) is 25.4 Å². The van der Waals surface area contributed by atoms with Gasteiger partial charge in [0.15, 0.2) is 0 Å². The quantitative estimate of drug-likeness (QED) is 0.0320. The minimum atomic E-state index is -0.841. The Labute approximate surface area is 457 Å². The second-order valence-corrected chi connectivity index (χ2v) is 23.2. The number of ether oxygens (including phenoxy) is 1. The SMILES string of the molecule is CCCCCCCCCCCCC/C=C/C(O)C(CO)NC(=O)CCCCCCCCCCCCCCCCCCCCCCCCCCCCOC(=O)CCCCCCCCCCCCCCCCCCC. The number of carbonyl (C=O) groups is 2. The zero-order chi connectivity index (χ0) is 52.9. The molecular weight excluding hydrogens is 899 g/mol. The molecule has 73 heavy (non-hydrogen) atoms. The molecule has 0 aliphatic carbocycles. The summed E-state index contributed by atoms with van der Waals surface area (Å²) in [5, 5.41) is 23.1. The Kier molecular flexibility index (Phi) is 61.9. The predicted octanol–water partition coefficient (Wildman–Crippen LogP) is 21.2. The summed E-state index contributed by atoms with van der Waals surface area (Å²) in [6.07, 6.45) is 77.1. The van der Waals surface area contributed by atoms with Crippen LogP contribution in [0.5, 0.6) is 0 Å². The van der Waals surface area contributed by atoms with Gasteiger partial charge in [0.1, 0.15) is 0 Å². The monoisotopic (exact) mass is 1030 g/mol. The zero-order valence-electron chi connectivity index (χ0n) is 49.6. The third kappa shape index (κ3) is 59.7. The molecule has 0 aromatic carbocycles. The molecular formula is C67H131NO5. The number of nitrogens with one attached hydrogen (secondary N) is 1. The lowest BCUT2D eigenvalue weighted by Crippen LogP contribution is -2.45. The Morgan fingerprint density at radius 3 is 0.932 bits per heavy atom. The Bertz CT molecular complexity index is 1100. The lowest BCUT2D eigenvalue weighted by Gasteiger charge is -2.20. The van der Waals surface area contributed by atoms with E-state index in [4.69, 9.17) is 4.74 Å². The van der Waals surface area contributed by atoms with Crippen molar-refractivity contribution < 1.29 is 24.5 Å². The van der Waals surface area contributed by atoms with Crippen LogP contribution in [0.1, 0.15) is 380 Å². The molecule has 6 nitrogen and oxygen atoms in total. The summed E-state index contributed by atoms with van der Waals surface area (Å²) in [5.74, 6) is -0.0424. The molecule has 0 spiro atoms. The Balaban J connectivity index is 3.33. The summed E-state index contributed by atoms with van der Waals surface area (Å²) in [6, 6.07) is -0.624. The molecule has 0 saturated carbocycles. The van der Waals surface area contributed by atoms with Gasteiger partial charge in [-0.1, -0.05) is 347 Å². The van der Waals surface area contributed by atoms with E-state index in [-0.39, 0.29) is 18.5 Å². The average molecular weight is 1030 g/mol. The minimum Gasteiger partial charge on any atom is -0.466 e. The number of hydrogen-bond donors (Lipinski definition) is 3. The molecule has 6 heteroatoms. The topological polar surface area (TPSA) is 95.9 Å². The van der Waals surface area contributed by atoms with Gasteiger partial charge in [-0.3, -0.25) is 9.59 Å². The molecule has 0 aromatic heterocycles. The first-order valence-electron chi connectivity index (χ1n) is 33.5. The van der Waals surface area contributed by atoms with E-state index in [1.807, 2.05) is 6.08 Å². The smallest absolute Gasteiger partial charge is 0.305 e. The number of esters is 1. The van der Waals surface area contributed by atoms with E-state index in [0.717, 1.165) is 38.5 Å². The van der Waals surface area contributed by atoms with Crippen LogP contribution in [-0.2, 0) is 14.3 Å². The number of aliphatic hydroxyl groups is 2. The fourth-order valence-corrected chi connectivity index (χ4v) is 10.7. The van der Waals surface area contributed by atoms with Crippen molar-refractivity contribution in [2.24, 2.45) is 0 Å². The summed E-state index contributed by atoms with van der Waals surface area (Å²) in [4.78, 5) is 24.6. The summed E-state index contributed by atoms with van der Waals surface area (Å²) in [6.45, 7) is 4.94. The largest absolute Gasteiger partial charge is 0.466 e. The van der Waals surface area contributed by atoms with Crippen molar-refractivity contribution in [1.82, 2.24) is 5.32 Å². The number of rotatable bonds is 63. The van der Waals surface area contributed by atoms with Crippen molar-refractivity contribution >= 4 is 11.9 Å². The molecule has 0 bridgehead atoms. The van der Waals surface area contributed by atoms with Gasteiger partial charge in [-0.05, 0) is 32.1 Å². The first-order chi connectivity index (χ1) is 36.0. The number of amides is 1. The standard InChI is InChI=1S/C67H131NO5/c1-3-5-7-9-11-13-15-17-18-29-33-37-41-45-49-53-57-61-67(72)73-62-58-54-50-46-42-38-34-31-28-26-24-22-20-19-21-23-25-27-30-32-36-40-44-48-52-56-60-66(71)68-64(63-69)65(70)59-55-51-47-43-39-35-16-14-12-10-8-6-4-2/h55,59,64-65,69-70H,3-54,56-58,60-63H2,1-2H3,(H,68,71)/b59-55+. The molecule has 0 heterocycles. The van der Waals surface area contributed by atoms with Gasteiger partial charge in [0.2, 0.25) is 5.91 Å². The maximum atomic E-state index is 12.5. The van der Waals surface area contributed by atoms with Gasteiger partial charge >= 0.3 is 5.97 Å². The van der Waals surface area contributed by atoms with Crippen molar-refractivity contribution in [1.29, 1.82) is 0 Å². The van der Waals surface area contributed by atoms with E-state index in [2.05, 4.69) is 19.2 Å². The fraction of sp³-hybridized carbons (Fsp3) is 0.940. The van der Waals surface area contributed by atoms with Crippen molar-refractivity contribution in [3.8, 4) is 0 Å². The van der Waals surface area contributed by atoms with Crippen molar-refractivity contribution in [3.05, 3.63) is 12.2 Å².